The molecule has 90 valence electrons. The number of aryl methyl sites for hydroxylation is 1. The molecule has 1 aromatic rings. The average Bonchev–Trinajstić information content (AvgIpc) is 2.91. The van der Waals surface area contributed by atoms with Gasteiger partial charge in [0, 0.05) is 24.4 Å². The second kappa shape index (κ2) is 4.44. The summed E-state index contributed by atoms with van der Waals surface area (Å²) in [7, 11) is 1.76. The Morgan fingerprint density at radius 2 is 1.94 bits per heavy atom. The van der Waals surface area contributed by atoms with Gasteiger partial charge >= 0.3 is 0 Å². The first kappa shape index (κ1) is 10.7. The van der Waals surface area contributed by atoms with Crippen molar-refractivity contribution >= 4 is 6.08 Å². The van der Waals surface area contributed by atoms with E-state index in [1.165, 1.54) is 49.2 Å². The van der Waals surface area contributed by atoms with Crippen molar-refractivity contribution in [3.63, 3.8) is 0 Å². The SMILES string of the molecule is COc1cccc2c1C=C(N1CCCC1)CC2. The van der Waals surface area contributed by atoms with E-state index in [9.17, 15) is 0 Å². The fraction of sp³-hybridized carbons (Fsp3) is 0.467. The molecule has 0 spiro atoms. The predicted octanol–water partition coefficient (Wildman–Crippen LogP) is 3.08. The zero-order valence-corrected chi connectivity index (χ0v) is 10.4. The van der Waals surface area contributed by atoms with E-state index in [1.807, 2.05) is 0 Å². The lowest BCUT2D eigenvalue weighted by Gasteiger charge is -2.26. The molecule has 0 atom stereocenters. The van der Waals surface area contributed by atoms with Gasteiger partial charge in [-0.05, 0) is 43.4 Å². The predicted molar refractivity (Wildman–Crippen MR) is 70.1 cm³/mol. The maximum atomic E-state index is 5.46. The summed E-state index contributed by atoms with van der Waals surface area (Å²) < 4.78 is 5.46. The van der Waals surface area contributed by atoms with Gasteiger partial charge in [-0.15, -0.1) is 0 Å². The quantitative estimate of drug-likeness (QED) is 0.772. The van der Waals surface area contributed by atoms with E-state index in [-0.39, 0.29) is 0 Å². The van der Waals surface area contributed by atoms with Crippen LogP contribution in [0.15, 0.2) is 23.9 Å². The van der Waals surface area contributed by atoms with E-state index in [4.69, 9.17) is 4.74 Å². The number of benzene rings is 1. The molecule has 1 aliphatic carbocycles. The highest BCUT2D eigenvalue weighted by Gasteiger charge is 2.20. The molecule has 2 nitrogen and oxygen atoms in total. The first-order valence-electron chi connectivity index (χ1n) is 6.50. The Morgan fingerprint density at radius 1 is 1.12 bits per heavy atom. The van der Waals surface area contributed by atoms with Gasteiger partial charge in [0.1, 0.15) is 5.75 Å². The Bertz CT molecular complexity index is 444. The number of ether oxygens (including phenoxy) is 1. The van der Waals surface area contributed by atoms with Crippen LogP contribution in [0, 0.1) is 0 Å². The van der Waals surface area contributed by atoms with Crippen LogP contribution in [0.1, 0.15) is 30.4 Å². The third-order valence-corrected chi connectivity index (χ3v) is 3.85. The van der Waals surface area contributed by atoms with Gasteiger partial charge in [0.2, 0.25) is 0 Å². The second-order valence-electron chi connectivity index (χ2n) is 4.86. The molecule has 0 bridgehead atoms. The van der Waals surface area contributed by atoms with Gasteiger partial charge in [0.15, 0.2) is 0 Å². The van der Waals surface area contributed by atoms with Crippen LogP contribution in [0.25, 0.3) is 6.08 Å². The van der Waals surface area contributed by atoms with Crippen LogP contribution in [-0.4, -0.2) is 25.1 Å². The van der Waals surface area contributed by atoms with Crippen molar-refractivity contribution in [3.8, 4) is 5.75 Å². The normalized spacial score (nSPS) is 18.9. The minimum absolute atomic E-state index is 1.01. The fourth-order valence-electron chi connectivity index (χ4n) is 2.90. The second-order valence-corrected chi connectivity index (χ2v) is 4.86. The third kappa shape index (κ3) is 1.92. The van der Waals surface area contributed by atoms with Gasteiger partial charge in [-0.25, -0.2) is 0 Å². The maximum Gasteiger partial charge on any atom is 0.126 e. The van der Waals surface area contributed by atoms with Gasteiger partial charge < -0.3 is 9.64 Å². The molecular formula is C15H19NO. The standard InChI is InChI=1S/C15H19NO/c1-17-15-6-4-5-12-7-8-13(11-14(12)15)16-9-2-3-10-16/h4-6,11H,2-3,7-10H2,1H3. The van der Waals surface area contributed by atoms with E-state index in [0.29, 0.717) is 0 Å². The van der Waals surface area contributed by atoms with E-state index < -0.39 is 0 Å². The highest BCUT2D eigenvalue weighted by atomic mass is 16.5. The summed E-state index contributed by atoms with van der Waals surface area (Å²) >= 11 is 0. The van der Waals surface area contributed by atoms with Crippen molar-refractivity contribution in [2.24, 2.45) is 0 Å². The van der Waals surface area contributed by atoms with Crippen molar-refractivity contribution in [2.45, 2.75) is 25.7 Å². The molecule has 0 amide bonds. The highest BCUT2D eigenvalue weighted by molar-refractivity contribution is 5.65. The molecule has 2 aliphatic rings. The van der Waals surface area contributed by atoms with E-state index >= 15 is 0 Å². The molecular weight excluding hydrogens is 210 g/mol. The van der Waals surface area contributed by atoms with Crippen molar-refractivity contribution in [3.05, 3.63) is 35.0 Å². The molecule has 2 heteroatoms. The highest BCUT2D eigenvalue weighted by Crippen LogP contribution is 2.33. The number of likely N-dealkylation sites (tertiary alicyclic amines) is 1. The maximum absolute atomic E-state index is 5.46. The summed E-state index contributed by atoms with van der Waals surface area (Å²) in [5.74, 6) is 1.01. The Labute approximate surface area is 103 Å². The first-order valence-corrected chi connectivity index (χ1v) is 6.50. The summed E-state index contributed by atoms with van der Waals surface area (Å²) in [4.78, 5) is 2.54. The smallest absolute Gasteiger partial charge is 0.126 e. The molecule has 1 heterocycles. The summed E-state index contributed by atoms with van der Waals surface area (Å²) in [6, 6.07) is 6.36. The van der Waals surface area contributed by atoms with Crippen LogP contribution < -0.4 is 4.74 Å². The minimum Gasteiger partial charge on any atom is -0.496 e. The van der Waals surface area contributed by atoms with E-state index in [1.54, 1.807) is 7.11 Å². The molecule has 1 aliphatic heterocycles. The van der Waals surface area contributed by atoms with Crippen molar-refractivity contribution in [1.29, 1.82) is 0 Å². The summed E-state index contributed by atoms with van der Waals surface area (Å²) in [6.07, 6.45) is 7.35. The lowest BCUT2D eigenvalue weighted by molar-refractivity contribution is 0.403. The van der Waals surface area contributed by atoms with Gasteiger partial charge in [0.05, 0.1) is 7.11 Å². The number of methoxy groups -OCH3 is 1. The lowest BCUT2D eigenvalue weighted by Crippen LogP contribution is -2.20. The van der Waals surface area contributed by atoms with Crippen LogP contribution in [0.5, 0.6) is 5.75 Å². The Hall–Kier alpha value is -1.44. The minimum atomic E-state index is 1.01. The third-order valence-electron chi connectivity index (χ3n) is 3.85. The van der Waals surface area contributed by atoms with E-state index in [0.717, 1.165) is 12.2 Å². The molecule has 1 aromatic carbocycles. The topological polar surface area (TPSA) is 12.5 Å². The van der Waals surface area contributed by atoms with Crippen LogP contribution in [0.2, 0.25) is 0 Å². The zero-order valence-electron chi connectivity index (χ0n) is 10.4. The number of hydrogen-bond acceptors (Lipinski definition) is 2. The van der Waals surface area contributed by atoms with Crippen molar-refractivity contribution in [1.82, 2.24) is 4.90 Å². The molecule has 3 rings (SSSR count). The molecule has 0 aromatic heterocycles. The monoisotopic (exact) mass is 229 g/mol. The van der Waals surface area contributed by atoms with Crippen LogP contribution in [0.3, 0.4) is 0 Å². The summed E-state index contributed by atoms with van der Waals surface area (Å²) in [6.45, 7) is 2.46. The first-order chi connectivity index (χ1) is 8.38. The molecule has 17 heavy (non-hydrogen) atoms. The molecule has 0 N–H and O–H groups in total. The van der Waals surface area contributed by atoms with Crippen molar-refractivity contribution in [2.75, 3.05) is 20.2 Å². The number of rotatable bonds is 2. The summed E-state index contributed by atoms with van der Waals surface area (Å²) in [5, 5.41) is 0. The van der Waals surface area contributed by atoms with Gasteiger partial charge in [-0.1, -0.05) is 12.1 Å². The number of fused-ring (bicyclic) bond motifs is 1. The van der Waals surface area contributed by atoms with Crippen LogP contribution >= 0.6 is 0 Å². The average molecular weight is 229 g/mol. The Morgan fingerprint density at radius 3 is 2.71 bits per heavy atom. The number of allylic oxidation sites excluding steroid dienone is 1. The lowest BCUT2D eigenvalue weighted by atomic mass is 9.94. The molecule has 1 fully saturated rings. The fourth-order valence-corrected chi connectivity index (χ4v) is 2.90. The van der Waals surface area contributed by atoms with Gasteiger partial charge in [-0.3, -0.25) is 0 Å². The van der Waals surface area contributed by atoms with Crippen LogP contribution in [-0.2, 0) is 6.42 Å². The van der Waals surface area contributed by atoms with Gasteiger partial charge in [-0.2, -0.15) is 0 Å². The zero-order chi connectivity index (χ0) is 11.7. The van der Waals surface area contributed by atoms with Crippen LogP contribution in [0.4, 0.5) is 0 Å². The molecule has 0 radical (unpaired) electrons. The summed E-state index contributed by atoms with van der Waals surface area (Å²) in [5.41, 5.74) is 4.22. The number of hydrogen-bond donors (Lipinski definition) is 0. The Kier molecular flexibility index (Phi) is 2.79. The molecule has 0 unspecified atom stereocenters. The number of nitrogens with zero attached hydrogens (tertiary/aromatic N) is 1. The molecule has 0 saturated carbocycles. The molecule has 1 saturated heterocycles. The Balaban J connectivity index is 1.96. The largest absolute Gasteiger partial charge is 0.496 e. The van der Waals surface area contributed by atoms with E-state index in [2.05, 4.69) is 29.2 Å². The van der Waals surface area contributed by atoms with Crippen molar-refractivity contribution < 1.29 is 4.74 Å². The van der Waals surface area contributed by atoms with Gasteiger partial charge in [0.25, 0.3) is 0 Å².